The Morgan fingerprint density at radius 1 is 0.690 bits per heavy atom. The number of hydrogen-bond acceptors (Lipinski definition) is 3. The van der Waals surface area contributed by atoms with Gasteiger partial charge >= 0.3 is 0 Å². The van der Waals surface area contributed by atoms with Gasteiger partial charge in [-0.05, 0) is 29.3 Å². The highest BCUT2D eigenvalue weighted by atomic mass is 19.1. The fraction of sp³-hybridized carbons (Fsp3) is 0.0541. The summed E-state index contributed by atoms with van der Waals surface area (Å²) in [6.45, 7) is 0.341. The first-order valence-corrected chi connectivity index (χ1v) is 13.8. The van der Waals surface area contributed by atoms with E-state index >= 15 is 0 Å². The van der Waals surface area contributed by atoms with E-state index in [2.05, 4.69) is 0 Å². The number of allylic oxidation sites excluding steroid dienone is 1. The average Bonchev–Trinajstić information content (AvgIpc) is 3.52. The molecule has 1 amide bonds. The van der Waals surface area contributed by atoms with Crippen LogP contribution in [0.4, 0.5) is 10.1 Å². The summed E-state index contributed by atoms with van der Waals surface area (Å²) in [7, 11) is 0. The first kappa shape index (κ1) is 25.5. The van der Waals surface area contributed by atoms with Crippen LogP contribution in [0.1, 0.15) is 32.6 Å². The van der Waals surface area contributed by atoms with Crippen LogP contribution in [0.3, 0.4) is 0 Å². The molecule has 1 atom stereocenters. The van der Waals surface area contributed by atoms with Gasteiger partial charge in [0, 0.05) is 22.3 Å². The van der Waals surface area contributed by atoms with E-state index in [0.717, 1.165) is 16.8 Å². The number of anilines is 1. The number of fused-ring (bicyclic) bond motifs is 2. The van der Waals surface area contributed by atoms with Crippen molar-refractivity contribution < 1.29 is 14.0 Å². The maximum atomic E-state index is 14.9. The summed E-state index contributed by atoms with van der Waals surface area (Å²) in [5.74, 6) is -0.909. The summed E-state index contributed by atoms with van der Waals surface area (Å²) in [5, 5.41) is 0. The van der Waals surface area contributed by atoms with Gasteiger partial charge in [-0.15, -0.1) is 0 Å². The van der Waals surface area contributed by atoms with E-state index in [1.54, 1.807) is 29.2 Å². The maximum absolute atomic E-state index is 14.9. The second kappa shape index (κ2) is 10.2. The van der Waals surface area contributed by atoms with Crippen molar-refractivity contribution in [2.45, 2.75) is 12.1 Å². The molecule has 0 bridgehead atoms. The topological polar surface area (TPSA) is 49.7 Å². The van der Waals surface area contributed by atoms with Crippen molar-refractivity contribution in [3.8, 4) is 0 Å². The van der Waals surface area contributed by atoms with Gasteiger partial charge in [0.1, 0.15) is 5.82 Å². The molecular weight excluding hydrogens is 523 g/mol. The first-order chi connectivity index (χ1) is 20.6. The molecule has 5 aromatic carbocycles. The molecule has 4 nitrogen and oxygen atoms in total. The van der Waals surface area contributed by atoms with Gasteiger partial charge in [-0.2, -0.15) is 0 Å². The number of aliphatic imine (C=N–C) groups is 1. The zero-order valence-electron chi connectivity index (χ0n) is 22.6. The van der Waals surface area contributed by atoms with Crippen LogP contribution in [0.15, 0.2) is 150 Å². The monoisotopic (exact) mass is 548 g/mol. The molecule has 0 saturated carbocycles. The minimum atomic E-state index is -1.53. The maximum Gasteiger partial charge on any atom is 0.264 e. The Balaban J connectivity index is 1.55. The second-order valence-corrected chi connectivity index (χ2v) is 10.4. The highest BCUT2D eigenvalue weighted by Gasteiger charge is 2.58. The summed E-state index contributed by atoms with van der Waals surface area (Å²) in [6, 6.07) is 41.8. The third-order valence-electron chi connectivity index (χ3n) is 7.89. The van der Waals surface area contributed by atoms with Crippen molar-refractivity contribution in [2.75, 3.05) is 4.90 Å². The predicted octanol–water partition coefficient (Wildman–Crippen LogP) is 7.41. The molecular formula is C37H25FN2O2. The summed E-state index contributed by atoms with van der Waals surface area (Å²) in [5.41, 5.74) is 3.86. The number of rotatable bonds is 6. The molecule has 0 N–H and O–H groups in total. The number of nitrogens with zero attached hydrogens (tertiary/aromatic N) is 2. The molecule has 7 rings (SSSR count). The van der Waals surface area contributed by atoms with E-state index in [9.17, 15) is 14.0 Å². The van der Waals surface area contributed by atoms with E-state index in [1.165, 1.54) is 12.1 Å². The van der Waals surface area contributed by atoms with E-state index in [4.69, 9.17) is 4.99 Å². The zero-order chi connectivity index (χ0) is 28.7. The summed E-state index contributed by atoms with van der Waals surface area (Å²) < 4.78 is 14.2. The van der Waals surface area contributed by atoms with E-state index in [0.29, 0.717) is 40.1 Å². The molecule has 42 heavy (non-hydrogen) atoms. The Morgan fingerprint density at radius 2 is 1.29 bits per heavy atom. The van der Waals surface area contributed by atoms with Gasteiger partial charge in [0.05, 0.1) is 23.5 Å². The van der Waals surface area contributed by atoms with Crippen molar-refractivity contribution >= 4 is 28.7 Å². The highest BCUT2D eigenvalue weighted by Crippen LogP contribution is 2.55. The number of ketones is 1. The van der Waals surface area contributed by atoms with Gasteiger partial charge < -0.3 is 4.90 Å². The lowest BCUT2D eigenvalue weighted by Gasteiger charge is -2.26. The summed E-state index contributed by atoms with van der Waals surface area (Å²) >= 11 is 0. The number of carbonyl (C=O) groups is 2. The van der Waals surface area contributed by atoms with Gasteiger partial charge in [0.15, 0.2) is 11.3 Å². The number of carbonyl (C=O) groups excluding carboxylic acids is 2. The molecule has 0 unspecified atom stereocenters. The van der Waals surface area contributed by atoms with Crippen molar-refractivity contribution in [2.24, 2.45) is 4.99 Å². The quantitative estimate of drug-likeness (QED) is 0.208. The lowest BCUT2D eigenvalue weighted by atomic mass is 9.78. The van der Waals surface area contributed by atoms with Crippen LogP contribution in [-0.2, 0) is 16.9 Å². The van der Waals surface area contributed by atoms with Gasteiger partial charge in [-0.3, -0.25) is 14.6 Å². The van der Waals surface area contributed by atoms with Crippen LogP contribution in [0.25, 0.3) is 5.57 Å². The number of halogens is 1. The number of para-hydroxylation sites is 1. The Kier molecular flexibility index (Phi) is 6.20. The number of Topliss-reactive ketones (excluding diaryl/α,β-unsaturated/α-hetero) is 1. The van der Waals surface area contributed by atoms with E-state index < -0.39 is 11.4 Å². The number of benzene rings is 5. The van der Waals surface area contributed by atoms with Crippen molar-refractivity contribution in [3.05, 3.63) is 179 Å². The predicted molar refractivity (Wildman–Crippen MR) is 163 cm³/mol. The lowest BCUT2D eigenvalue weighted by molar-refractivity contribution is -0.121. The fourth-order valence-electron chi connectivity index (χ4n) is 6.02. The molecule has 2 aliphatic heterocycles. The minimum Gasteiger partial charge on any atom is -0.305 e. The normalized spacial score (nSPS) is 17.5. The van der Waals surface area contributed by atoms with E-state index in [1.807, 2.05) is 103 Å². The van der Waals surface area contributed by atoms with Crippen molar-refractivity contribution in [1.29, 1.82) is 0 Å². The highest BCUT2D eigenvalue weighted by molar-refractivity contribution is 6.41. The summed E-state index contributed by atoms with van der Waals surface area (Å²) in [4.78, 5) is 36.4. The molecule has 0 aliphatic carbocycles. The molecule has 2 aliphatic rings. The molecule has 5 heteroatoms. The van der Waals surface area contributed by atoms with Crippen LogP contribution >= 0.6 is 0 Å². The first-order valence-electron chi connectivity index (χ1n) is 13.8. The van der Waals surface area contributed by atoms with Gasteiger partial charge in [0.2, 0.25) is 0 Å². The molecule has 5 aromatic rings. The average molecular weight is 549 g/mol. The smallest absolute Gasteiger partial charge is 0.264 e. The Hall–Kier alpha value is -5.42. The van der Waals surface area contributed by atoms with Gasteiger partial charge in [-0.1, -0.05) is 121 Å². The van der Waals surface area contributed by atoms with Gasteiger partial charge in [0.25, 0.3) is 5.91 Å². The summed E-state index contributed by atoms with van der Waals surface area (Å²) in [6.07, 6.45) is 0. The molecule has 2 heterocycles. The zero-order valence-corrected chi connectivity index (χ0v) is 22.6. The third kappa shape index (κ3) is 4.01. The van der Waals surface area contributed by atoms with Gasteiger partial charge in [-0.25, -0.2) is 4.39 Å². The number of hydrogen-bond donors (Lipinski definition) is 0. The Bertz CT molecular complexity index is 1880. The molecule has 0 radical (unpaired) electrons. The Morgan fingerprint density at radius 3 is 1.98 bits per heavy atom. The third-order valence-corrected chi connectivity index (χ3v) is 7.89. The van der Waals surface area contributed by atoms with Crippen LogP contribution in [0, 0.1) is 5.82 Å². The van der Waals surface area contributed by atoms with Crippen LogP contribution in [0.5, 0.6) is 0 Å². The lowest BCUT2D eigenvalue weighted by Crippen LogP contribution is -2.39. The van der Waals surface area contributed by atoms with Crippen molar-refractivity contribution in [3.63, 3.8) is 0 Å². The fourth-order valence-corrected chi connectivity index (χ4v) is 6.02. The molecule has 0 aromatic heterocycles. The van der Waals surface area contributed by atoms with Crippen LogP contribution < -0.4 is 4.90 Å². The standard InChI is InChI=1S/C37H25FN2O2/c38-29-22-20-26(21-23-29)33-32(35(41)28-16-8-3-9-17-28)34(27-14-6-2-7-15-27)39-37(33)30-18-10-11-19-31(30)40(36(37)42)24-25-12-4-1-5-13-25/h1-23H,24H2/t37-/m1/s1. The van der Waals surface area contributed by atoms with Crippen LogP contribution in [0.2, 0.25) is 0 Å². The van der Waals surface area contributed by atoms with E-state index in [-0.39, 0.29) is 11.7 Å². The molecule has 1 spiro atoms. The van der Waals surface area contributed by atoms with Crippen molar-refractivity contribution in [1.82, 2.24) is 0 Å². The largest absolute Gasteiger partial charge is 0.305 e. The number of amides is 1. The molecule has 202 valence electrons. The minimum absolute atomic E-state index is 0.249. The SMILES string of the molecule is O=C(C1=C(c2ccc(F)cc2)[C@@]2(N=C1c1ccccc1)C(=O)N(Cc1ccccc1)c1ccccc12)c1ccccc1. The molecule has 0 fully saturated rings. The Labute approximate surface area is 243 Å². The van der Waals surface area contributed by atoms with Crippen LogP contribution in [-0.4, -0.2) is 17.4 Å². The molecule has 0 saturated heterocycles. The second-order valence-electron chi connectivity index (χ2n) is 10.4.